The summed E-state index contributed by atoms with van der Waals surface area (Å²) in [6, 6.07) is 5.95. The number of hydrogen-bond donors (Lipinski definition) is 7. The van der Waals surface area contributed by atoms with Gasteiger partial charge in [-0.25, -0.2) is 9.59 Å². The first-order valence-corrected chi connectivity index (χ1v) is 11.6. The Hall–Kier alpha value is -3.79. The maximum absolute atomic E-state index is 12.2. The topological polar surface area (TPSA) is 230 Å². The molecule has 0 aliphatic carbocycles. The molecular weight excluding hydrogens is 524 g/mol. The van der Waals surface area contributed by atoms with Gasteiger partial charge in [-0.1, -0.05) is 12.1 Å². The molecule has 14 nitrogen and oxygen atoms in total. The minimum Gasteiger partial charge on any atom is -0.508 e. The van der Waals surface area contributed by atoms with Crippen LogP contribution in [0, 0.1) is 5.92 Å². The molecule has 1 fully saturated rings. The molecule has 0 spiro atoms. The molecule has 0 unspecified atom stereocenters. The maximum Gasteiger partial charge on any atom is 0.335 e. The summed E-state index contributed by atoms with van der Waals surface area (Å²) in [6.07, 6.45) is -6.07. The summed E-state index contributed by atoms with van der Waals surface area (Å²) in [6.45, 7) is -1.20. The van der Waals surface area contributed by atoms with Crippen molar-refractivity contribution in [1.29, 1.82) is 0 Å². The minimum absolute atomic E-state index is 0.0437. The van der Waals surface area contributed by atoms with E-state index in [2.05, 4.69) is 0 Å². The largest absolute Gasteiger partial charge is 0.508 e. The Balaban J connectivity index is 1.81. The highest BCUT2D eigenvalue weighted by Gasteiger charge is 2.46. The number of rotatable bonds is 10. The van der Waals surface area contributed by atoms with Gasteiger partial charge in [-0.3, -0.25) is 4.79 Å². The van der Waals surface area contributed by atoms with Gasteiger partial charge in [0.25, 0.3) is 0 Å². The SMILES string of the molecule is O=C(O)C[C@@H]1C(C(=O)O)=CO[C@H](O[C@H]2O[C@@H](CO)[C@H](O)[C@@H](O)[C@@H]2O)/C1=C\COC(=O)/C=C/c1ccc(O)cc1. The van der Waals surface area contributed by atoms with Crippen molar-refractivity contribution in [2.75, 3.05) is 13.2 Å². The Bertz CT molecular complexity index is 1120. The van der Waals surface area contributed by atoms with E-state index >= 15 is 0 Å². The molecule has 7 N–H and O–H groups in total. The molecule has 1 saturated heterocycles. The smallest absolute Gasteiger partial charge is 0.335 e. The lowest BCUT2D eigenvalue weighted by atomic mass is 9.86. The van der Waals surface area contributed by atoms with Crippen molar-refractivity contribution < 1.29 is 69.1 Å². The lowest BCUT2D eigenvalue weighted by Gasteiger charge is -2.41. The summed E-state index contributed by atoms with van der Waals surface area (Å²) in [5.41, 5.74) is 0.0648. The van der Waals surface area contributed by atoms with Crippen molar-refractivity contribution in [2.45, 2.75) is 43.4 Å². The molecule has 0 amide bonds. The number of ether oxygens (including phenoxy) is 4. The molecule has 2 aliphatic rings. The van der Waals surface area contributed by atoms with E-state index in [0.717, 1.165) is 12.3 Å². The van der Waals surface area contributed by atoms with Crippen LogP contribution in [0.25, 0.3) is 6.08 Å². The molecule has 0 aromatic heterocycles. The number of phenols is 1. The molecular formula is C25H28O14. The van der Waals surface area contributed by atoms with E-state index in [0.29, 0.717) is 5.56 Å². The highest BCUT2D eigenvalue weighted by molar-refractivity contribution is 5.89. The highest BCUT2D eigenvalue weighted by atomic mass is 16.8. The van der Waals surface area contributed by atoms with Crippen molar-refractivity contribution in [3.63, 3.8) is 0 Å². The van der Waals surface area contributed by atoms with Gasteiger partial charge in [0.2, 0.25) is 6.29 Å². The van der Waals surface area contributed by atoms with Crippen LogP contribution >= 0.6 is 0 Å². The molecule has 3 rings (SSSR count). The number of carbonyl (C=O) groups excluding carboxylic acids is 1. The van der Waals surface area contributed by atoms with Gasteiger partial charge in [-0.05, 0) is 29.8 Å². The molecule has 2 aliphatic heterocycles. The summed E-state index contributed by atoms with van der Waals surface area (Å²) in [7, 11) is 0. The summed E-state index contributed by atoms with van der Waals surface area (Å²) in [5, 5.41) is 67.9. The maximum atomic E-state index is 12.2. The lowest BCUT2D eigenvalue weighted by molar-refractivity contribution is -0.327. The van der Waals surface area contributed by atoms with E-state index in [1.165, 1.54) is 24.3 Å². The second-order valence-corrected chi connectivity index (χ2v) is 8.59. The van der Waals surface area contributed by atoms with Crippen LogP contribution in [-0.4, -0.2) is 104 Å². The molecule has 0 radical (unpaired) electrons. The fraction of sp³-hybridized carbons (Fsp3) is 0.400. The molecule has 0 bridgehead atoms. The van der Waals surface area contributed by atoms with Crippen molar-refractivity contribution in [1.82, 2.24) is 0 Å². The third-order valence-electron chi connectivity index (χ3n) is 5.95. The number of esters is 1. The number of hydrogen-bond acceptors (Lipinski definition) is 12. The quantitative estimate of drug-likeness (QED) is 0.106. The van der Waals surface area contributed by atoms with Gasteiger partial charge in [-0.15, -0.1) is 0 Å². The first kappa shape index (κ1) is 29.8. The van der Waals surface area contributed by atoms with E-state index in [1.807, 2.05) is 0 Å². The standard InChI is InChI=1S/C25H28O14/c26-10-17-20(31)21(32)22(33)25(38-17)39-24-14(15(9-18(28)29)16(11-37-24)23(34)35)7-8-36-19(30)6-3-12-1-4-13(27)5-2-12/h1-7,11,15,17,20-22,24-27,31-33H,8-10H2,(H,28,29)(H,34,35)/b6-3+,14-7-/t15-,17-,20-,21+,22-,24+,25+/m0/s1. The molecule has 1 aromatic carbocycles. The summed E-state index contributed by atoms with van der Waals surface area (Å²) in [5.74, 6) is -4.91. The van der Waals surface area contributed by atoms with E-state index in [4.69, 9.17) is 18.9 Å². The van der Waals surface area contributed by atoms with Crippen molar-refractivity contribution in [3.05, 3.63) is 59.4 Å². The van der Waals surface area contributed by atoms with Crippen molar-refractivity contribution in [2.24, 2.45) is 5.92 Å². The van der Waals surface area contributed by atoms with Gasteiger partial charge in [0.1, 0.15) is 36.8 Å². The zero-order chi connectivity index (χ0) is 28.7. The Morgan fingerprint density at radius 3 is 2.31 bits per heavy atom. The van der Waals surface area contributed by atoms with Crippen molar-refractivity contribution >= 4 is 24.0 Å². The van der Waals surface area contributed by atoms with Crippen LogP contribution in [0.5, 0.6) is 5.75 Å². The minimum atomic E-state index is -1.82. The third-order valence-corrected chi connectivity index (χ3v) is 5.95. The predicted octanol–water partition coefficient (Wildman–Crippen LogP) is -0.893. The third kappa shape index (κ3) is 7.63. The fourth-order valence-electron chi connectivity index (χ4n) is 3.91. The summed E-state index contributed by atoms with van der Waals surface area (Å²) >= 11 is 0. The number of aliphatic hydroxyl groups excluding tert-OH is 4. The second kappa shape index (κ2) is 13.3. The molecule has 7 atom stereocenters. The van der Waals surface area contributed by atoms with Crippen LogP contribution < -0.4 is 0 Å². The number of phenolic OH excluding ortho intramolecular Hbond substituents is 1. The highest BCUT2D eigenvalue weighted by Crippen LogP contribution is 2.35. The Morgan fingerprint density at radius 1 is 1.00 bits per heavy atom. The van der Waals surface area contributed by atoms with Gasteiger partial charge < -0.3 is 54.7 Å². The number of carboxylic acid groups (broad SMARTS) is 2. The number of benzene rings is 1. The average molecular weight is 552 g/mol. The van der Waals surface area contributed by atoms with Crippen LogP contribution in [-0.2, 0) is 33.3 Å². The Labute approximate surface area is 221 Å². The van der Waals surface area contributed by atoms with Gasteiger partial charge >= 0.3 is 17.9 Å². The molecule has 0 saturated carbocycles. The number of carboxylic acids is 2. The van der Waals surface area contributed by atoms with Crippen molar-refractivity contribution in [3.8, 4) is 5.75 Å². The van der Waals surface area contributed by atoms with Crippen LogP contribution in [0.1, 0.15) is 12.0 Å². The van der Waals surface area contributed by atoms with E-state index in [9.17, 15) is 50.1 Å². The molecule has 2 heterocycles. The van der Waals surface area contributed by atoms with Gasteiger partial charge in [-0.2, -0.15) is 0 Å². The number of carbonyl (C=O) groups is 3. The Kier molecular flexibility index (Phi) is 10.2. The summed E-state index contributed by atoms with van der Waals surface area (Å²) < 4.78 is 21.3. The lowest BCUT2D eigenvalue weighted by Crippen LogP contribution is -2.60. The van der Waals surface area contributed by atoms with Gasteiger partial charge in [0, 0.05) is 17.6 Å². The number of aliphatic hydroxyl groups is 4. The zero-order valence-corrected chi connectivity index (χ0v) is 20.3. The zero-order valence-electron chi connectivity index (χ0n) is 20.3. The van der Waals surface area contributed by atoms with Gasteiger partial charge in [0.05, 0.1) is 24.9 Å². The Morgan fingerprint density at radius 2 is 1.69 bits per heavy atom. The van der Waals surface area contributed by atoms with E-state index in [1.54, 1.807) is 12.1 Å². The van der Waals surface area contributed by atoms with Gasteiger partial charge in [0.15, 0.2) is 6.29 Å². The number of aromatic hydroxyl groups is 1. The van der Waals surface area contributed by atoms with Crippen LogP contribution in [0.3, 0.4) is 0 Å². The molecule has 14 heteroatoms. The molecule has 212 valence electrons. The van der Waals surface area contributed by atoms with Crippen LogP contribution in [0.2, 0.25) is 0 Å². The first-order valence-electron chi connectivity index (χ1n) is 11.6. The van der Waals surface area contributed by atoms with E-state index in [-0.39, 0.29) is 11.3 Å². The first-order chi connectivity index (χ1) is 18.5. The molecule has 39 heavy (non-hydrogen) atoms. The van der Waals surface area contributed by atoms with E-state index < -0.39 is 86.0 Å². The van der Waals surface area contributed by atoms with Crippen LogP contribution in [0.4, 0.5) is 0 Å². The average Bonchev–Trinajstić information content (AvgIpc) is 2.89. The molecule has 1 aromatic rings. The number of aliphatic carboxylic acids is 2. The normalized spacial score (nSPS) is 30.0. The van der Waals surface area contributed by atoms with Crippen LogP contribution in [0.15, 0.2) is 53.8 Å². The monoisotopic (exact) mass is 552 g/mol. The fourth-order valence-corrected chi connectivity index (χ4v) is 3.91. The predicted molar refractivity (Wildman–Crippen MR) is 127 cm³/mol. The second-order valence-electron chi connectivity index (χ2n) is 8.59. The summed E-state index contributed by atoms with van der Waals surface area (Å²) in [4.78, 5) is 35.4.